The first-order chi connectivity index (χ1) is 5.06. The predicted molar refractivity (Wildman–Crippen MR) is 52.8 cm³/mol. The zero-order valence-electron chi connectivity index (χ0n) is 5.68. The maximum atomic E-state index is 9.71. The van der Waals surface area contributed by atoms with Gasteiger partial charge in [-0.3, -0.25) is 4.55 Å². The molecule has 0 fully saturated rings. The quantitative estimate of drug-likeness (QED) is 0.322. The fourth-order valence-electron chi connectivity index (χ4n) is 0.149. The van der Waals surface area contributed by atoms with E-state index in [-0.39, 0.29) is 114 Å². The van der Waals surface area contributed by atoms with Crippen molar-refractivity contribution in [3.8, 4) is 0 Å². The van der Waals surface area contributed by atoms with E-state index in [2.05, 4.69) is 53.8 Å². The van der Waals surface area contributed by atoms with Crippen LogP contribution in [0.25, 0.3) is 0 Å². The molecule has 4 nitrogen and oxygen atoms in total. The molecule has 0 saturated heterocycles. The van der Waals surface area contributed by atoms with Crippen LogP contribution in [0.1, 0.15) is 0 Å². The Kier molecular flexibility index (Phi) is 80.2. The van der Waals surface area contributed by atoms with Gasteiger partial charge in [0.05, 0.1) is 5.75 Å². The van der Waals surface area contributed by atoms with Crippen LogP contribution in [-0.4, -0.2) is 120 Å². The minimum atomic E-state index is -3.80. The van der Waals surface area contributed by atoms with E-state index in [1.807, 2.05) is 0 Å². The molecule has 0 aliphatic heterocycles. The van der Waals surface area contributed by atoms with Gasteiger partial charge in [-0.2, -0.15) is 8.42 Å². The molecule has 0 aromatic carbocycles. The van der Waals surface area contributed by atoms with Gasteiger partial charge in [0.1, 0.15) is 0 Å². The Labute approximate surface area is 192 Å². The van der Waals surface area contributed by atoms with Gasteiger partial charge in [0, 0.05) is 27.6 Å². The van der Waals surface area contributed by atoms with Crippen molar-refractivity contribution >= 4 is 115 Å². The number of nitrogens with two attached hydrogens (primary N) is 1. The Balaban J connectivity index is -0.0000000205. The average molecular weight is 508 g/mol. The molecule has 0 spiro atoms. The topological polar surface area (TPSA) is 80.4 Å². The summed E-state index contributed by atoms with van der Waals surface area (Å²) in [5.41, 5.74) is 4.78. The van der Waals surface area contributed by atoms with Crippen LogP contribution < -0.4 is 5.73 Å². The summed E-state index contributed by atoms with van der Waals surface area (Å²) in [5, 5.41) is 0. The van der Waals surface area contributed by atoms with E-state index in [1.54, 1.807) is 0 Å². The van der Waals surface area contributed by atoms with Crippen LogP contribution >= 0.6 is 10.1 Å². The molecule has 0 aliphatic rings. The van der Waals surface area contributed by atoms with Crippen molar-refractivity contribution in [3.05, 3.63) is 0 Å². The summed E-state index contributed by atoms with van der Waals surface area (Å²) in [6.07, 6.45) is 0. The Morgan fingerprint density at radius 3 is 1.64 bits per heavy atom. The van der Waals surface area contributed by atoms with Crippen molar-refractivity contribution < 1.29 is 63.6 Å². The molecule has 0 aromatic heterocycles. The van der Waals surface area contributed by atoms with E-state index >= 15 is 0 Å². The van der Waals surface area contributed by atoms with Crippen LogP contribution in [0, 0.1) is 0 Å². The van der Waals surface area contributed by atoms with E-state index in [4.69, 9.17) is 10.3 Å². The second-order valence-corrected chi connectivity index (χ2v) is 2.65. The van der Waals surface area contributed by atoms with Crippen LogP contribution in [0.4, 0.5) is 0 Å². The number of hydrogen-bond donors (Lipinski definition) is 2. The average Bonchev–Trinajstić information content (AvgIpc) is 1.94. The summed E-state index contributed by atoms with van der Waals surface area (Å²) in [4.78, 5) is 0. The molecule has 0 rings (SSSR count). The summed E-state index contributed by atoms with van der Waals surface area (Å²) in [5.74, 6) is -0.354. The van der Waals surface area contributed by atoms with Crippen LogP contribution in [0.5, 0.6) is 0 Å². The first-order valence-corrected chi connectivity index (χ1v) is 9.00. The minimum absolute atomic E-state index is 0. The molecule has 3 N–H and O–H groups in total. The summed E-state index contributed by atoms with van der Waals surface area (Å²) in [7, 11) is 0.652. The van der Waals surface area contributed by atoms with Gasteiger partial charge >= 0.3 is 135 Å². The third-order valence-electron chi connectivity index (χ3n) is 0.376. The molecule has 0 unspecified atom stereocenters. The van der Waals surface area contributed by atoms with Gasteiger partial charge in [-0.15, -0.1) is 0 Å². The molecule has 0 aliphatic carbocycles. The van der Waals surface area contributed by atoms with Gasteiger partial charge in [-0.25, -0.2) is 0 Å². The van der Waals surface area contributed by atoms with Gasteiger partial charge in [0.15, 0.2) is 0 Å². The molecule has 0 bridgehead atoms. The van der Waals surface area contributed by atoms with E-state index in [0.29, 0.717) is 0 Å². The van der Waals surface area contributed by atoms with Crippen molar-refractivity contribution in [2.24, 2.45) is 5.73 Å². The van der Waals surface area contributed by atoms with Crippen LogP contribution in [0.3, 0.4) is 0 Å². The fourth-order valence-corrected chi connectivity index (χ4v) is 0.447. The fraction of sp³-hybridized carbons (Fsp3) is 1.00. The zero-order valence-corrected chi connectivity index (χ0v) is 13.6. The normalized spacial score (nSPS) is 6.64. The molecule has 0 saturated carbocycles. The van der Waals surface area contributed by atoms with Crippen molar-refractivity contribution in [1.29, 1.82) is 0 Å². The Hall–Kier alpha value is 5.06. The Bertz CT molecular complexity index is 160. The van der Waals surface area contributed by atoms with Gasteiger partial charge in [0.2, 0.25) is 0 Å². The molecular weight excluding hydrogens is 497 g/mol. The molecule has 0 heterocycles. The van der Waals surface area contributed by atoms with Gasteiger partial charge < -0.3 is 5.73 Å². The van der Waals surface area contributed by atoms with Crippen molar-refractivity contribution in [3.63, 3.8) is 0 Å². The summed E-state index contributed by atoms with van der Waals surface area (Å²) < 4.78 is 27.3. The number of rotatable bonds is 2. The molecule has 0 atom stereocenters. The van der Waals surface area contributed by atoms with Gasteiger partial charge in [0.25, 0.3) is 10.1 Å². The van der Waals surface area contributed by atoms with Crippen LogP contribution in [0.2, 0.25) is 0 Å². The first-order valence-electron chi connectivity index (χ1n) is 2.04. The molecule has 0 radical (unpaired) electrons. The summed E-state index contributed by atoms with van der Waals surface area (Å²) in [6.45, 7) is -0.0289. The first kappa shape index (κ1) is 36.4. The number of halogens is 1. The molecule has 0 aromatic rings. The Morgan fingerprint density at radius 2 is 1.64 bits per heavy atom. The molecule has 81 valence electrons. The van der Waals surface area contributed by atoms with Gasteiger partial charge in [-0.05, 0) is 0 Å². The third kappa shape index (κ3) is 53.6. The molecular formula is C2H10ClCrKMnMoNNaO3SSe. The van der Waals surface area contributed by atoms with Crippen LogP contribution in [-0.2, 0) is 60.7 Å². The molecule has 0 amide bonds. The molecule has 12 heteroatoms. The van der Waals surface area contributed by atoms with E-state index < -0.39 is 10.1 Å². The zero-order chi connectivity index (χ0) is 9.91. The summed E-state index contributed by atoms with van der Waals surface area (Å²) >= 11 is 7.16. The van der Waals surface area contributed by atoms with E-state index in [9.17, 15) is 8.42 Å². The van der Waals surface area contributed by atoms with E-state index in [0.717, 1.165) is 0 Å². The SMILES string of the molecule is NCCS(=O)(=O)O.[Cl][Mn].[Cr][SeH].[KH].[Mo].[NaH]. The maximum absolute atomic E-state index is 9.71. The Morgan fingerprint density at radius 1 is 1.43 bits per heavy atom. The second-order valence-electron chi connectivity index (χ2n) is 1.07. The summed E-state index contributed by atoms with van der Waals surface area (Å²) in [6, 6.07) is 0. The molecule has 14 heavy (non-hydrogen) atoms. The van der Waals surface area contributed by atoms with E-state index in [1.165, 1.54) is 0 Å². The van der Waals surface area contributed by atoms with Crippen LogP contribution in [0.15, 0.2) is 0 Å². The van der Waals surface area contributed by atoms with Crippen molar-refractivity contribution in [2.45, 2.75) is 0 Å². The third-order valence-corrected chi connectivity index (χ3v) is 1.13. The van der Waals surface area contributed by atoms with Crippen molar-refractivity contribution in [1.82, 2.24) is 0 Å². The monoisotopic (exact) mass is 510 g/mol. The number of hydrogen-bond acceptors (Lipinski definition) is 3. The predicted octanol–water partition coefficient (Wildman–Crippen LogP) is -2.43. The second kappa shape index (κ2) is 30.8. The van der Waals surface area contributed by atoms with Crippen molar-refractivity contribution in [2.75, 3.05) is 12.3 Å². The standard InChI is InChI=1S/C2H7NO3S.ClH.Cr.K.Mn.Mo.Na.H2Se.2H/c3-1-2-7(4,5)6;;;;;;;;;/h1-3H2,(H,4,5,6);1H;;;;;;1H2;;/q;;+1;;+1;;;;;/p-2. The van der Waals surface area contributed by atoms with Gasteiger partial charge in [-0.1, -0.05) is 0 Å².